The summed E-state index contributed by atoms with van der Waals surface area (Å²) in [6.07, 6.45) is -5.33. The Hall–Kier alpha value is -4.53. The molecular weight excluding hydrogens is 474 g/mol. The van der Waals surface area contributed by atoms with E-state index in [-0.39, 0.29) is 5.57 Å². The van der Waals surface area contributed by atoms with Gasteiger partial charge in [0.25, 0.3) is 0 Å². The monoisotopic (exact) mass is 491 g/mol. The third kappa shape index (κ3) is 4.23. The minimum atomic E-state index is -5.33. The number of alkyl halides is 3. The highest BCUT2D eigenvalue weighted by Gasteiger charge is 2.45. The first kappa shape index (κ1) is 25.1. The summed E-state index contributed by atoms with van der Waals surface area (Å²) in [6, 6.07) is 10.8. The molecular formula is C23H17F4N3O5. The smallest absolute Gasteiger partial charge is 0.422 e. The SMILES string of the molecule is COC(=O)C1=C(C(=O)OC)N(c2ccc(F)c(C(F)(F)F)c2O)C(N)=C(C#N)C1c1ccccc1. The Balaban J connectivity index is 2.48. The van der Waals surface area contributed by atoms with E-state index >= 15 is 0 Å². The average molecular weight is 491 g/mol. The number of phenols is 1. The molecule has 35 heavy (non-hydrogen) atoms. The van der Waals surface area contributed by atoms with E-state index in [0.717, 1.165) is 14.2 Å². The van der Waals surface area contributed by atoms with Crippen molar-refractivity contribution in [2.45, 2.75) is 12.1 Å². The Labute approximate surface area is 196 Å². The molecule has 0 radical (unpaired) electrons. The number of rotatable bonds is 4. The summed E-state index contributed by atoms with van der Waals surface area (Å²) in [7, 11) is 1.92. The number of phenolic OH excluding ortho intramolecular Hbond substituents is 1. The summed E-state index contributed by atoms with van der Waals surface area (Å²) in [5, 5.41) is 20.3. The summed E-state index contributed by atoms with van der Waals surface area (Å²) >= 11 is 0. The number of hydrogen-bond donors (Lipinski definition) is 2. The van der Waals surface area contributed by atoms with Crippen LogP contribution in [0, 0.1) is 17.1 Å². The number of methoxy groups -OCH3 is 2. The summed E-state index contributed by atoms with van der Waals surface area (Å²) in [4.78, 5) is 26.3. The van der Waals surface area contributed by atoms with E-state index in [4.69, 9.17) is 15.2 Å². The number of benzene rings is 2. The van der Waals surface area contributed by atoms with Crippen LogP contribution in [-0.2, 0) is 25.2 Å². The first-order valence-electron chi connectivity index (χ1n) is 9.73. The van der Waals surface area contributed by atoms with Gasteiger partial charge in [0.1, 0.15) is 22.9 Å². The van der Waals surface area contributed by atoms with Crippen LogP contribution in [0.1, 0.15) is 17.0 Å². The topological polar surface area (TPSA) is 126 Å². The molecule has 1 heterocycles. The maximum absolute atomic E-state index is 14.0. The first-order chi connectivity index (χ1) is 16.5. The van der Waals surface area contributed by atoms with E-state index in [1.165, 1.54) is 12.1 Å². The van der Waals surface area contributed by atoms with Crippen molar-refractivity contribution in [3.63, 3.8) is 0 Å². The number of hydrogen-bond acceptors (Lipinski definition) is 8. The van der Waals surface area contributed by atoms with E-state index in [1.807, 2.05) is 0 Å². The molecule has 8 nitrogen and oxygen atoms in total. The summed E-state index contributed by atoms with van der Waals surface area (Å²) in [5.41, 5.74) is 2.06. The maximum Gasteiger partial charge on any atom is 0.422 e. The van der Waals surface area contributed by atoms with Crippen LogP contribution < -0.4 is 10.6 Å². The van der Waals surface area contributed by atoms with Crippen molar-refractivity contribution < 1.29 is 41.7 Å². The molecule has 182 valence electrons. The summed E-state index contributed by atoms with van der Waals surface area (Å²) < 4.78 is 64.0. The zero-order valence-electron chi connectivity index (χ0n) is 18.2. The number of carbonyl (C=O) groups is 2. The van der Waals surface area contributed by atoms with Gasteiger partial charge < -0.3 is 20.3 Å². The number of ether oxygens (including phenoxy) is 2. The highest BCUT2D eigenvalue weighted by Crippen LogP contribution is 2.48. The van der Waals surface area contributed by atoms with E-state index in [1.54, 1.807) is 24.3 Å². The Morgan fingerprint density at radius 3 is 2.20 bits per heavy atom. The molecule has 1 atom stereocenters. The van der Waals surface area contributed by atoms with Crippen LogP contribution in [0.3, 0.4) is 0 Å². The van der Waals surface area contributed by atoms with Crippen LogP contribution in [0.5, 0.6) is 5.75 Å². The lowest BCUT2D eigenvalue weighted by Gasteiger charge is -2.36. The van der Waals surface area contributed by atoms with Gasteiger partial charge in [0.05, 0.1) is 43.0 Å². The molecule has 0 saturated heterocycles. The number of esters is 2. The maximum atomic E-state index is 14.0. The molecule has 0 amide bonds. The number of nitrogens with two attached hydrogens (primary N) is 1. The van der Waals surface area contributed by atoms with Crippen molar-refractivity contribution >= 4 is 17.6 Å². The molecule has 0 bridgehead atoms. The lowest BCUT2D eigenvalue weighted by atomic mass is 9.81. The quantitative estimate of drug-likeness (QED) is 0.492. The molecule has 12 heteroatoms. The van der Waals surface area contributed by atoms with Crippen LogP contribution in [0.4, 0.5) is 23.2 Å². The van der Waals surface area contributed by atoms with E-state index in [0.29, 0.717) is 22.6 Å². The predicted molar refractivity (Wildman–Crippen MR) is 113 cm³/mol. The molecule has 1 unspecified atom stereocenters. The minimum absolute atomic E-state index is 0.327. The lowest BCUT2D eigenvalue weighted by molar-refractivity contribution is -0.141. The van der Waals surface area contributed by atoms with Gasteiger partial charge in [-0.1, -0.05) is 30.3 Å². The van der Waals surface area contributed by atoms with E-state index in [2.05, 4.69) is 0 Å². The molecule has 1 aliphatic rings. The van der Waals surface area contributed by atoms with Crippen molar-refractivity contribution in [3.8, 4) is 11.8 Å². The van der Waals surface area contributed by atoms with Crippen molar-refractivity contribution in [2.75, 3.05) is 19.1 Å². The highest BCUT2D eigenvalue weighted by atomic mass is 19.4. The minimum Gasteiger partial charge on any atom is -0.505 e. The first-order valence-corrected chi connectivity index (χ1v) is 9.73. The zero-order valence-corrected chi connectivity index (χ0v) is 18.2. The molecule has 2 aromatic rings. The van der Waals surface area contributed by atoms with Crippen molar-refractivity contribution in [2.24, 2.45) is 5.73 Å². The van der Waals surface area contributed by atoms with Gasteiger partial charge in [-0.3, -0.25) is 4.90 Å². The normalized spacial score (nSPS) is 16.1. The molecule has 1 aliphatic heterocycles. The Kier molecular flexibility index (Phi) is 6.72. The Bertz CT molecular complexity index is 1300. The largest absolute Gasteiger partial charge is 0.505 e. The number of nitriles is 1. The van der Waals surface area contributed by atoms with E-state index in [9.17, 15) is 37.5 Å². The number of nitrogens with zero attached hydrogens (tertiary/aromatic N) is 2. The molecule has 3 rings (SSSR count). The van der Waals surface area contributed by atoms with Crippen molar-refractivity contribution in [1.29, 1.82) is 5.26 Å². The number of allylic oxidation sites excluding steroid dienone is 1. The number of halogens is 4. The molecule has 0 saturated carbocycles. The average Bonchev–Trinajstić information content (AvgIpc) is 2.82. The van der Waals surface area contributed by atoms with Crippen LogP contribution in [0.25, 0.3) is 0 Å². The van der Waals surface area contributed by atoms with Crippen molar-refractivity contribution in [1.82, 2.24) is 0 Å². The van der Waals surface area contributed by atoms with Gasteiger partial charge in [0.15, 0.2) is 5.75 Å². The van der Waals surface area contributed by atoms with Gasteiger partial charge in [-0.15, -0.1) is 0 Å². The van der Waals surface area contributed by atoms with Crippen LogP contribution in [0.2, 0.25) is 0 Å². The molecule has 0 aromatic heterocycles. The van der Waals surface area contributed by atoms with Gasteiger partial charge in [-0.25, -0.2) is 14.0 Å². The lowest BCUT2D eigenvalue weighted by Crippen LogP contribution is -2.41. The Morgan fingerprint density at radius 1 is 1.09 bits per heavy atom. The zero-order chi connectivity index (χ0) is 26.1. The highest BCUT2D eigenvalue weighted by molar-refractivity contribution is 6.06. The van der Waals surface area contributed by atoms with Crippen molar-refractivity contribution in [3.05, 3.63) is 82.1 Å². The fourth-order valence-electron chi connectivity index (χ4n) is 3.77. The van der Waals surface area contributed by atoms with Gasteiger partial charge in [0.2, 0.25) is 0 Å². The van der Waals surface area contributed by atoms with Gasteiger partial charge >= 0.3 is 18.1 Å². The second-order valence-electron chi connectivity index (χ2n) is 7.12. The van der Waals surface area contributed by atoms with Gasteiger partial charge in [-0.05, 0) is 17.7 Å². The fourth-order valence-corrected chi connectivity index (χ4v) is 3.77. The van der Waals surface area contributed by atoms with Gasteiger partial charge in [-0.2, -0.15) is 18.4 Å². The fraction of sp³-hybridized carbons (Fsp3) is 0.174. The Morgan fingerprint density at radius 2 is 1.69 bits per heavy atom. The molecule has 3 N–H and O–H groups in total. The standard InChI is InChI=1S/C23H17F4N3O5/c1-34-21(32)16-15(11-6-4-3-5-7-11)12(10-28)20(29)30(18(16)22(33)35-2)14-9-8-13(24)17(19(14)31)23(25,26)27/h3-9,15,31H,29H2,1-2H3. The van der Waals surface area contributed by atoms with Crippen LogP contribution in [0.15, 0.2) is 65.1 Å². The number of carbonyl (C=O) groups excluding carboxylic acids is 2. The molecule has 0 fully saturated rings. The summed E-state index contributed by atoms with van der Waals surface area (Å²) in [6.45, 7) is 0. The predicted octanol–water partition coefficient (Wildman–Crippen LogP) is 3.45. The van der Waals surface area contributed by atoms with Crippen LogP contribution >= 0.6 is 0 Å². The van der Waals surface area contributed by atoms with Gasteiger partial charge in [0, 0.05) is 0 Å². The molecule has 0 spiro atoms. The number of anilines is 1. The van der Waals surface area contributed by atoms with E-state index < -0.39 is 63.9 Å². The second-order valence-corrected chi connectivity index (χ2v) is 7.12. The second kappa shape index (κ2) is 9.38. The summed E-state index contributed by atoms with van der Waals surface area (Å²) in [5.74, 6) is -7.65. The molecule has 2 aromatic carbocycles. The van der Waals surface area contributed by atoms with Crippen LogP contribution in [-0.4, -0.2) is 31.3 Å². The number of aromatic hydroxyl groups is 1. The third-order valence-corrected chi connectivity index (χ3v) is 5.24. The molecule has 0 aliphatic carbocycles. The third-order valence-electron chi connectivity index (χ3n) is 5.24.